The minimum Gasteiger partial charge on any atom is -0.309 e. The molecule has 0 spiro atoms. The average Bonchev–Trinajstić information content (AvgIpc) is 3.28. The van der Waals surface area contributed by atoms with Crippen LogP contribution in [0.15, 0.2) is 41.3 Å². The first kappa shape index (κ1) is 32.2. The van der Waals surface area contributed by atoms with Crippen LogP contribution in [-0.2, 0) is 10.0 Å². The number of nitrogens with zero attached hydrogens (tertiary/aromatic N) is 6. The lowest BCUT2D eigenvalue weighted by Gasteiger charge is -2.22. The lowest BCUT2D eigenvalue weighted by molar-refractivity contribution is 0.0986. The fraction of sp³-hybridized carbons (Fsp3) is 0.407. The molecule has 0 fully saturated rings. The Hall–Kier alpha value is -3.06. The summed E-state index contributed by atoms with van der Waals surface area (Å²) in [6.45, 7) is 5.34. The maximum absolute atomic E-state index is 13.7. The predicted octanol–water partition coefficient (Wildman–Crippen LogP) is 4.75. The van der Waals surface area contributed by atoms with Gasteiger partial charge in [-0.25, -0.2) is 13.4 Å². The van der Waals surface area contributed by atoms with Crippen LogP contribution in [-0.4, -0.2) is 68.8 Å². The minimum atomic E-state index is -3.92. The van der Waals surface area contributed by atoms with Crippen molar-refractivity contribution < 1.29 is 13.2 Å². The van der Waals surface area contributed by atoms with Gasteiger partial charge in [0.05, 0.1) is 27.3 Å². The molecule has 0 unspecified atom stereocenters. The summed E-state index contributed by atoms with van der Waals surface area (Å²) in [5.74, 6) is -0.258. The zero-order valence-electron chi connectivity index (χ0n) is 22.5. The van der Waals surface area contributed by atoms with E-state index in [2.05, 4.69) is 11.0 Å². The van der Waals surface area contributed by atoms with E-state index in [1.165, 1.54) is 35.6 Å². The fourth-order valence-electron chi connectivity index (χ4n) is 3.89. The monoisotopic (exact) mass is 588 g/mol. The molecule has 0 radical (unpaired) electrons. The molecule has 0 saturated heterocycles. The second kappa shape index (κ2) is 14.4. The van der Waals surface area contributed by atoms with Gasteiger partial charge in [-0.3, -0.25) is 9.69 Å². The number of benzene rings is 2. The molecule has 1 heterocycles. The number of aryl methyl sites for hydroxylation is 2. The number of thiazole rings is 1. The molecule has 208 valence electrons. The van der Waals surface area contributed by atoms with Gasteiger partial charge in [-0.15, -0.1) is 12.4 Å². The van der Waals surface area contributed by atoms with Gasteiger partial charge in [0.1, 0.15) is 0 Å². The molecule has 3 aromatic rings. The molecule has 3 rings (SSSR count). The summed E-state index contributed by atoms with van der Waals surface area (Å²) >= 11 is 1.46. The molecule has 0 aliphatic heterocycles. The maximum atomic E-state index is 13.7. The quantitative estimate of drug-likeness (QED) is 0.299. The lowest BCUT2D eigenvalue weighted by atomic mass is 10.1. The summed E-state index contributed by atoms with van der Waals surface area (Å²) in [5, 5.41) is 18.4. The molecule has 0 aliphatic carbocycles. The first-order valence-corrected chi connectivity index (χ1v) is 14.5. The van der Waals surface area contributed by atoms with Gasteiger partial charge in [0.25, 0.3) is 5.91 Å². The van der Waals surface area contributed by atoms with Crippen LogP contribution in [0.4, 0.5) is 5.13 Å². The topological polar surface area (TPSA) is 121 Å². The molecule has 0 bridgehead atoms. The van der Waals surface area contributed by atoms with Gasteiger partial charge in [-0.1, -0.05) is 11.3 Å². The summed E-state index contributed by atoms with van der Waals surface area (Å²) in [7, 11) is 0.0353. The Kier molecular flexibility index (Phi) is 11.8. The van der Waals surface area contributed by atoms with Crippen molar-refractivity contribution in [2.75, 3.05) is 45.2 Å². The predicted molar refractivity (Wildman–Crippen MR) is 157 cm³/mol. The third-order valence-electron chi connectivity index (χ3n) is 6.14. The van der Waals surface area contributed by atoms with Crippen molar-refractivity contribution in [3.8, 4) is 12.1 Å². The van der Waals surface area contributed by atoms with E-state index in [0.717, 1.165) is 38.6 Å². The Labute approximate surface area is 240 Å². The van der Waals surface area contributed by atoms with Crippen molar-refractivity contribution in [2.24, 2.45) is 0 Å². The molecule has 0 saturated carbocycles. The molecule has 0 atom stereocenters. The Morgan fingerprint density at radius 3 is 2.10 bits per heavy atom. The molecule has 0 N–H and O–H groups in total. The molecule has 1 aromatic heterocycles. The van der Waals surface area contributed by atoms with Crippen LogP contribution in [0.1, 0.15) is 40.7 Å². The van der Waals surface area contributed by atoms with Crippen molar-refractivity contribution in [1.82, 2.24) is 14.2 Å². The van der Waals surface area contributed by atoms with Gasteiger partial charge in [-0.05, 0) is 88.4 Å². The molecule has 39 heavy (non-hydrogen) atoms. The van der Waals surface area contributed by atoms with Crippen LogP contribution in [0.3, 0.4) is 0 Å². The van der Waals surface area contributed by atoms with E-state index in [1.54, 1.807) is 4.90 Å². The molecule has 0 aliphatic rings. The van der Waals surface area contributed by atoms with Crippen LogP contribution in [0.2, 0.25) is 0 Å². The number of hydrogen-bond acceptors (Lipinski definition) is 8. The van der Waals surface area contributed by atoms with Crippen molar-refractivity contribution in [3.05, 3.63) is 53.1 Å². The van der Waals surface area contributed by atoms with Crippen LogP contribution < -0.4 is 4.90 Å². The second-order valence-electron chi connectivity index (χ2n) is 9.26. The molecule has 1 amide bonds. The van der Waals surface area contributed by atoms with Crippen molar-refractivity contribution in [1.29, 1.82) is 10.5 Å². The summed E-state index contributed by atoms with van der Waals surface area (Å²) < 4.78 is 28.4. The number of carbonyl (C=O) groups is 1. The number of aromatic nitrogens is 1. The summed E-state index contributed by atoms with van der Waals surface area (Å²) in [5.41, 5.74) is 3.49. The largest absolute Gasteiger partial charge is 0.309 e. The molecule has 9 nitrogen and oxygen atoms in total. The van der Waals surface area contributed by atoms with Gasteiger partial charge >= 0.3 is 0 Å². The van der Waals surface area contributed by atoms with E-state index in [0.29, 0.717) is 17.2 Å². The van der Waals surface area contributed by atoms with Gasteiger partial charge < -0.3 is 4.90 Å². The van der Waals surface area contributed by atoms with E-state index in [1.807, 2.05) is 46.1 Å². The number of sulfonamides is 1. The summed E-state index contributed by atoms with van der Waals surface area (Å²) in [6.07, 6.45) is 0.778. The van der Waals surface area contributed by atoms with E-state index in [9.17, 15) is 13.2 Å². The van der Waals surface area contributed by atoms with Gasteiger partial charge in [-0.2, -0.15) is 14.8 Å². The summed E-state index contributed by atoms with van der Waals surface area (Å²) in [6, 6.07) is 13.8. The third-order valence-corrected chi connectivity index (χ3v) is 9.09. The smallest absolute Gasteiger partial charge is 0.260 e. The molecule has 2 aromatic carbocycles. The highest BCUT2D eigenvalue weighted by molar-refractivity contribution is 7.89. The van der Waals surface area contributed by atoms with Crippen molar-refractivity contribution in [2.45, 2.75) is 38.0 Å². The molecular formula is C27H33ClN6O3S2. The van der Waals surface area contributed by atoms with Crippen molar-refractivity contribution >= 4 is 55.0 Å². The Morgan fingerprint density at radius 1 is 0.949 bits per heavy atom. The highest BCUT2D eigenvalue weighted by Crippen LogP contribution is 2.32. The maximum Gasteiger partial charge on any atom is 0.260 e. The molecular weight excluding hydrogens is 556 g/mol. The van der Waals surface area contributed by atoms with Crippen LogP contribution in [0.25, 0.3) is 10.2 Å². The number of carbonyl (C=O) groups excluding carboxylic acids is 1. The van der Waals surface area contributed by atoms with Gasteiger partial charge in [0.2, 0.25) is 10.0 Å². The zero-order chi connectivity index (χ0) is 27.9. The fourth-order valence-corrected chi connectivity index (χ4v) is 6.40. The van der Waals surface area contributed by atoms with Crippen LogP contribution >= 0.6 is 23.7 Å². The van der Waals surface area contributed by atoms with Gasteiger partial charge in [0.15, 0.2) is 5.13 Å². The number of amides is 1. The first-order chi connectivity index (χ1) is 18.1. The minimum absolute atomic E-state index is 0. The van der Waals surface area contributed by atoms with E-state index in [-0.39, 0.29) is 49.1 Å². The van der Waals surface area contributed by atoms with Crippen molar-refractivity contribution in [3.63, 3.8) is 0 Å². The number of fused-ring (bicyclic) bond motifs is 1. The Bertz CT molecular complexity index is 1420. The third kappa shape index (κ3) is 7.98. The van der Waals surface area contributed by atoms with E-state index < -0.39 is 10.0 Å². The highest BCUT2D eigenvalue weighted by Gasteiger charge is 2.26. The first-order valence-electron chi connectivity index (χ1n) is 12.3. The average molecular weight is 589 g/mol. The summed E-state index contributed by atoms with van der Waals surface area (Å²) in [4.78, 5) is 22.1. The number of halogens is 1. The highest BCUT2D eigenvalue weighted by atomic mass is 35.5. The Balaban J connectivity index is 0.00000533. The number of hydrogen-bond donors (Lipinski definition) is 0. The number of anilines is 1. The molecule has 12 heteroatoms. The van der Waals surface area contributed by atoms with Crippen LogP contribution in [0, 0.1) is 36.5 Å². The lowest BCUT2D eigenvalue weighted by Crippen LogP contribution is -2.34. The van der Waals surface area contributed by atoms with E-state index in [4.69, 9.17) is 15.5 Å². The normalized spacial score (nSPS) is 11.3. The SMILES string of the molecule is Cc1cc2nc(N(CCCN(C)C)C(=O)c3ccc(S(=O)(=O)N(CCC#N)CCC#N)cc3)sc2cc1C.Cl. The zero-order valence-corrected chi connectivity index (χ0v) is 25.0. The Morgan fingerprint density at radius 2 is 1.54 bits per heavy atom. The van der Waals surface area contributed by atoms with Crippen LogP contribution in [0.5, 0.6) is 0 Å². The second-order valence-corrected chi connectivity index (χ2v) is 12.2. The number of nitriles is 2. The standard InChI is InChI=1S/C27H32N6O3S2.ClH/c1-20-18-24-25(19-21(20)2)37-27(30-24)33(17-7-14-31(3)4)26(34)22-8-10-23(11-9-22)38(35,36)32(15-5-12-28)16-6-13-29;/h8-11,18-19H,5-7,14-17H2,1-4H3;1H. The van der Waals surface area contributed by atoms with Gasteiger partial charge in [0, 0.05) is 38.0 Å². The van der Waals surface area contributed by atoms with E-state index >= 15 is 0 Å². The number of rotatable bonds is 12.